The van der Waals surface area contributed by atoms with Gasteiger partial charge in [-0.25, -0.2) is 9.37 Å². The van der Waals surface area contributed by atoms with Crippen LogP contribution in [0.25, 0.3) is 0 Å². The first-order valence-corrected chi connectivity index (χ1v) is 8.61. The molecule has 1 aromatic carbocycles. The Hall–Kier alpha value is -3.46. The third-order valence-corrected chi connectivity index (χ3v) is 3.79. The Bertz CT molecular complexity index is 1030. The first-order valence-electron chi connectivity index (χ1n) is 8.23. The second-order valence-corrected chi connectivity index (χ2v) is 6.13. The number of nitrogens with one attached hydrogen (secondary N) is 3. The maximum Gasteiger partial charge on any atom is 0.248 e. The van der Waals surface area contributed by atoms with E-state index < -0.39 is 5.82 Å². The van der Waals surface area contributed by atoms with Crippen molar-refractivity contribution in [1.82, 2.24) is 19.7 Å². The molecule has 2 heterocycles. The number of anilines is 5. The summed E-state index contributed by atoms with van der Waals surface area (Å²) < 4.78 is 15.8. The molecule has 10 heteroatoms. The monoisotopic (exact) mass is 401 g/mol. The van der Waals surface area contributed by atoms with Gasteiger partial charge in [-0.1, -0.05) is 17.7 Å². The number of hydrogen-bond acceptors (Lipinski definition) is 6. The summed E-state index contributed by atoms with van der Waals surface area (Å²) in [7, 11) is 1.78. The molecule has 3 rings (SSSR count). The first kappa shape index (κ1) is 19.3. The molecule has 0 unspecified atom stereocenters. The molecular weight excluding hydrogens is 385 g/mol. The van der Waals surface area contributed by atoms with E-state index in [1.54, 1.807) is 37.1 Å². The van der Waals surface area contributed by atoms with E-state index in [4.69, 9.17) is 11.6 Å². The number of amides is 1. The lowest BCUT2D eigenvalue weighted by Gasteiger charge is -2.12. The van der Waals surface area contributed by atoms with Gasteiger partial charge in [0.2, 0.25) is 11.9 Å². The van der Waals surface area contributed by atoms with Crippen LogP contribution in [-0.2, 0) is 11.8 Å². The lowest BCUT2D eigenvalue weighted by Crippen LogP contribution is -2.08. The molecule has 0 saturated carbocycles. The third kappa shape index (κ3) is 4.83. The predicted molar refractivity (Wildman–Crippen MR) is 107 cm³/mol. The van der Waals surface area contributed by atoms with E-state index >= 15 is 0 Å². The third-order valence-electron chi connectivity index (χ3n) is 3.51. The standard InChI is InChI=1S/C18H17ClFN7O/c1-3-4-16(28)23-11-5-6-14(20)15(7-11)25-17-13(19)9-21-18(26-17)24-12-8-22-27(2)10-12/h3-10H,1-2H3,(H,23,28)(H2,21,24,25,26). The van der Waals surface area contributed by atoms with Crippen LogP contribution in [0.15, 0.2) is 48.9 Å². The van der Waals surface area contributed by atoms with E-state index in [0.717, 1.165) is 0 Å². The van der Waals surface area contributed by atoms with Crippen molar-refractivity contribution >= 4 is 46.3 Å². The van der Waals surface area contributed by atoms with Crippen molar-refractivity contribution < 1.29 is 9.18 Å². The van der Waals surface area contributed by atoms with Crippen LogP contribution in [-0.4, -0.2) is 25.7 Å². The Morgan fingerprint density at radius 3 is 2.79 bits per heavy atom. The van der Waals surface area contributed by atoms with Gasteiger partial charge in [-0.05, 0) is 31.2 Å². The number of carbonyl (C=O) groups excluding carboxylic acids is 1. The fourth-order valence-corrected chi connectivity index (χ4v) is 2.43. The van der Waals surface area contributed by atoms with E-state index in [1.165, 1.54) is 30.5 Å². The fourth-order valence-electron chi connectivity index (χ4n) is 2.29. The van der Waals surface area contributed by atoms with E-state index in [2.05, 4.69) is 31.0 Å². The maximum absolute atomic E-state index is 14.2. The van der Waals surface area contributed by atoms with E-state index in [1.807, 2.05) is 0 Å². The van der Waals surface area contributed by atoms with Crippen molar-refractivity contribution in [1.29, 1.82) is 0 Å². The Morgan fingerprint density at radius 1 is 1.25 bits per heavy atom. The van der Waals surface area contributed by atoms with Crippen molar-refractivity contribution in [2.45, 2.75) is 6.92 Å². The van der Waals surface area contributed by atoms with Gasteiger partial charge in [0.15, 0.2) is 5.82 Å². The van der Waals surface area contributed by atoms with Crippen molar-refractivity contribution in [2.24, 2.45) is 7.05 Å². The van der Waals surface area contributed by atoms with Crippen LogP contribution in [0.4, 0.5) is 33.2 Å². The summed E-state index contributed by atoms with van der Waals surface area (Å²) in [6, 6.07) is 4.14. The Labute approximate surface area is 165 Å². The Balaban J connectivity index is 1.82. The Morgan fingerprint density at radius 2 is 2.07 bits per heavy atom. The molecule has 1 amide bonds. The summed E-state index contributed by atoms with van der Waals surface area (Å²) in [5.41, 5.74) is 1.22. The van der Waals surface area contributed by atoms with Crippen LogP contribution >= 0.6 is 11.6 Å². The number of hydrogen-bond donors (Lipinski definition) is 3. The minimum Gasteiger partial charge on any atom is -0.336 e. The van der Waals surface area contributed by atoms with E-state index in [-0.39, 0.29) is 28.4 Å². The highest BCUT2D eigenvalue weighted by Gasteiger charge is 2.11. The number of carbonyl (C=O) groups is 1. The molecular formula is C18H17ClFN7O. The molecule has 28 heavy (non-hydrogen) atoms. The number of benzene rings is 1. The number of allylic oxidation sites excluding steroid dienone is 1. The number of rotatable bonds is 6. The van der Waals surface area contributed by atoms with Crippen molar-refractivity contribution in [2.75, 3.05) is 16.0 Å². The highest BCUT2D eigenvalue weighted by Crippen LogP contribution is 2.28. The second kappa shape index (κ2) is 8.49. The van der Waals surface area contributed by atoms with Gasteiger partial charge >= 0.3 is 0 Å². The van der Waals surface area contributed by atoms with Gasteiger partial charge in [-0.3, -0.25) is 9.48 Å². The molecule has 0 spiro atoms. The van der Waals surface area contributed by atoms with Gasteiger partial charge in [0.05, 0.1) is 23.8 Å². The molecule has 0 saturated heterocycles. The highest BCUT2D eigenvalue weighted by molar-refractivity contribution is 6.32. The quantitative estimate of drug-likeness (QED) is 0.540. The van der Waals surface area contributed by atoms with Gasteiger partial charge < -0.3 is 16.0 Å². The smallest absolute Gasteiger partial charge is 0.248 e. The number of nitrogens with zero attached hydrogens (tertiary/aromatic N) is 4. The van der Waals surface area contributed by atoms with Gasteiger partial charge in [0, 0.05) is 18.9 Å². The zero-order valence-corrected chi connectivity index (χ0v) is 15.8. The highest BCUT2D eigenvalue weighted by atomic mass is 35.5. The second-order valence-electron chi connectivity index (χ2n) is 5.73. The zero-order chi connectivity index (χ0) is 20.1. The van der Waals surface area contributed by atoms with E-state index in [0.29, 0.717) is 11.4 Å². The molecule has 0 bridgehead atoms. The van der Waals surface area contributed by atoms with Gasteiger partial charge in [0.25, 0.3) is 0 Å². The molecule has 8 nitrogen and oxygen atoms in total. The summed E-state index contributed by atoms with van der Waals surface area (Å²) >= 11 is 6.14. The van der Waals surface area contributed by atoms with Crippen LogP contribution in [0.3, 0.4) is 0 Å². The van der Waals surface area contributed by atoms with Crippen LogP contribution in [0, 0.1) is 5.82 Å². The SMILES string of the molecule is CC=CC(=O)Nc1ccc(F)c(Nc2nc(Nc3cnn(C)c3)ncc2Cl)c1. The topological polar surface area (TPSA) is 96.8 Å². The molecule has 0 radical (unpaired) electrons. The average molecular weight is 402 g/mol. The summed E-state index contributed by atoms with van der Waals surface area (Å²) in [6.45, 7) is 1.73. The fraction of sp³-hybridized carbons (Fsp3) is 0.111. The van der Waals surface area contributed by atoms with Crippen LogP contribution in [0.2, 0.25) is 5.02 Å². The molecule has 0 fully saturated rings. The Kier molecular flexibility index (Phi) is 5.85. The lowest BCUT2D eigenvalue weighted by molar-refractivity contribution is -0.111. The van der Waals surface area contributed by atoms with Crippen molar-refractivity contribution in [3.8, 4) is 0 Å². The summed E-state index contributed by atoms with van der Waals surface area (Å²) in [4.78, 5) is 20.0. The minimum atomic E-state index is -0.527. The molecule has 3 aromatic rings. The summed E-state index contributed by atoms with van der Waals surface area (Å²) in [5, 5.41) is 12.7. The molecule has 0 atom stereocenters. The van der Waals surface area contributed by atoms with Gasteiger partial charge in [-0.2, -0.15) is 10.1 Å². The minimum absolute atomic E-state index is 0.103. The number of halogens is 2. The van der Waals surface area contributed by atoms with Crippen LogP contribution < -0.4 is 16.0 Å². The first-order chi connectivity index (χ1) is 13.4. The van der Waals surface area contributed by atoms with Gasteiger partial charge in [-0.15, -0.1) is 0 Å². The number of aromatic nitrogens is 4. The molecule has 0 aliphatic rings. The molecule has 2 aromatic heterocycles. The zero-order valence-electron chi connectivity index (χ0n) is 15.1. The maximum atomic E-state index is 14.2. The number of aryl methyl sites for hydroxylation is 1. The average Bonchev–Trinajstić information content (AvgIpc) is 3.05. The van der Waals surface area contributed by atoms with Gasteiger partial charge in [0.1, 0.15) is 10.8 Å². The van der Waals surface area contributed by atoms with Crippen LogP contribution in [0.5, 0.6) is 0 Å². The summed E-state index contributed by atoms with van der Waals surface area (Å²) in [5.74, 6) is -0.375. The van der Waals surface area contributed by atoms with E-state index in [9.17, 15) is 9.18 Å². The summed E-state index contributed by atoms with van der Waals surface area (Å²) in [6.07, 6.45) is 7.73. The van der Waals surface area contributed by atoms with Crippen LogP contribution in [0.1, 0.15) is 6.92 Å². The normalized spacial score (nSPS) is 10.9. The molecule has 144 valence electrons. The molecule has 0 aliphatic heterocycles. The van der Waals surface area contributed by atoms with Crippen molar-refractivity contribution in [3.05, 3.63) is 59.8 Å². The molecule has 3 N–H and O–H groups in total. The predicted octanol–water partition coefficient (Wildman–Crippen LogP) is 4.00. The van der Waals surface area contributed by atoms with Crippen molar-refractivity contribution in [3.63, 3.8) is 0 Å². The lowest BCUT2D eigenvalue weighted by atomic mass is 10.2. The largest absolute Gasteiger partial charge is 0.336 e. The molecule has 0 aliphatic carbocycles.